The molecule has 3 heterocycles. The zero-order valence-corrected chi connectivity index (χ0v) is 13.2. The number of benzene rings is 1. The van der Waals surface area contributed by atoms with E-state index >= 15 is 0 Å². The van der Waals surface area contributed by atoms with Gasteiger partial charge in [-0.15, -0.1) is 0 Å². The highest BCUT2D eigenvalue weighted by Gasteiger charge is 2.60. The van der Waals surface area contributed by atoms with Crippen LogP contribution < -0.4 is 10.2 Å². The molecule has 2 saturated heterocycles. The van der Waals surface area contributed by atoms with Gasteiger partial charge in [0.1, 0.15) is 5.41 Å². The van der Waals surface area contributed by atoms with Crippen molar-refractivity contribution >= 4 is 17.5 Å². The second kappa shape index (κ2) is 5.32. The van der Waals surface area contributed by atoms with Crippen LogP contribution in [0.15, 0.2) is 24.3 Å². The van der Waals surface area contributed by atoms with Gasteiger partial charge in [0.15, 0.2) is 0 Å². The molecule has 1 N–H and O–H groups in total. The monoisotopic (exact) mass is 315 g/mol. The van der Waals surface area contributed by atoms with Gasteiger partial charge in [0, 0.05) is 44.8 Å². The third kappa shape index (κ3) is 1.95. The molecular formula is C17H21N3O3. The van der Waals surface area contributed by atoms with Crippen LogP contribution in [0.5, 0.6) is 0 Å². The van der Waals surface area contributed by atoms with E-state index in [9.17, 15) is 9.59 Å². The van der Waals surface area contributed by atoms with Crippen LogP contribution in [-0.4, -0.2) is 63.2 Å². The highest BCUT2D eigenvalue weighted by molar-refractivity contribution is 6.15. The summed E-state index contributed by atoms with van der Waals surface area (Å²) in [5.74, 6) is -0.248. The van der Waals surface area contributed by atoms with Crippen LogP contribution in [0.3, 0.4) is 0 Å². The lowest BCUT2D eigenvalue weighted by atomic mass is 9.69. The number of anilines is 1. The minimum atomic E-state index is -1.01. The molecule has 2 fully saturated rings. The molecular weight excluding hydrogens is 294 g/mol. The Morgan fingerprint density at radius 2 is 2.04 bits per heavy atom. The number of para-hydroxylation sites is 1. The molecule has 0 aliphatic carbocycles. The maximum Gasteiger partial charge on any atom is 0.244 e. The van der Waals surface area contributed by atoms with Crippen LogP contribution >= 0.6 is 0 Å². The average Bonchev–Trinajstić information content (AvgIpc) is 3.06. The molecule has 23 heavy (non-hydrogen) atoms. The molecule has 0 aromatic heterocycles. The number of rotatable bonds is 1. The molecule has 6 nitrogen and oxygen atoms in total. The average molecular weight is 315 g/mol. The molecule has 2 atom stereocenters. The first-order chi connectivity index (χ1) is 11.2. The zero-order chi connectivity index (χ0) is 16.0. The minimum absolute atomic E-state index is 0.0536. The number of hydrogen-bond acceptors (Lipinski definition) is 4. The Labute approximate surface area is 135 Å². The lowest BCUT2D eigenvalue weighted by Crippen LogP contribution is -2.60. The van der Waals surface area contributed by atoms with Gasteiger partial charge in [-0.05, 0) is 11.6 Å². The zero-order valence-electron chi connectivity index (χ0n) is 13.2. The van der Waals surface area contributed by atoms with Crippen LogP contribution in [0.4, 0.5) is 5.69 Å². The van der Waals surface area contributed by atoms with Crippen LogP contribution in [0.25, 0.3) is 0 Å². The molecule has 0 unspecified atom stereocenters. The number of morpholine rings is 1. The SMILES string of the molecule is CN1C(=O)[C@@]2(C(=O)N3CCOCC3)CNC[C@H]2c2ccccc21. The lowest BCUT2D eigenvalue weighted by Gasteiger charge is -2.44. The van der Waals surface area contributed by atoms with Gasteiger partial charge in [-0.25, -0.2) is 0 Å². The number of nitrogens with zero attached hydrogens (tertiary/aromatic N) is 2. The van der Waals surface area contributed by atoms with Crippen molar-refractivity contribution in [2.75, 3.05) is 51.3 Å². The number of hydrogen-bond donors (Lipinski definition) is 1. The van der Waals surface area contributed by atoms with Gasteiger partial charge >= 0.3 is 0 Å². The summed E-state index contributed by atoms with van der Waals surface area (Å²) in [5.41, 5.74) is 0.985. The Morgan fingerprint density at radius 3 is 2.83 bits per heavy atom. The van der Waals surface area contributed by atoms with Gasteiger partial charge in [0.2, 0.25) is 11.8 Å². The van der Waals surface area contributed by atoms with E-state index in [-0.39, 0.29) is 17.7 Å². The highest BCUT2D eigenvalue weighted by atomic mass is 16.5. The summed E-state index contributed by atoms with van der Waals surface area (Å²) < 4.78 is 5.35. The number of fused-ring (bicyclic) bond motifs is 3. The third-order valence-electron chi connectivity index (χ3n) is 5.39. The Balaban J connectivity index is 1.80. The van der Waals surface area contributed by atoms with E-state index in [2.05, 4.69) is 5.32 Å². The van der Waals surface area contributed by atoms with Gasteiger partial charge in [0.25, 0.3) is 0 Å². The van der Waals surface area contributed by atoms with E-state index in [1.807, 2.05) is 24.3 Å². The fourth-order valence-electron chi connectivity index (χ4n) is 4.17. The quantitative estimate of drug-likeness (QED) is 0.752. The van der Waals surface area contributed by atoms with Crippen molar-refractivity contribution in [3.8, 4) is 0 Å². The Morgan fingerprint density at radius 1 is 1.30 bits per heavy atom. The van der Waals surface area contributed by atoms with E-state index in [0.29, 0.717) is 39.4 Å². The first-order valence-corrected chi connectivity index (χ1v) is 8.11. The number of carbonyl (C=O) groups is 2. The summed E-state index contributed by atoms with van der Waals surface area (Å²) in [6, 6.07) is 7.90. The van der Waals surface area contributed by atoms with Gasteiger partial charge in [-0.1, -0.05) is 18.2 Å². The Hall–Kier alpha value is -1.92. The second-order valence-electron chi connectivity index (χ2n) is 6.48. The summed E-state index contributed by atoms with van der Waals surface area (Å²) >= 11 is 0. The number of nitrogens with one attached hydrogen (secondary N) is 1. The van der Waals surface area contributed by atoms with E-state index in [0.717, 1.165) is 11.3 Å². The number of amides is 2. The van der Waals surface area contributed by atoms with Crippen molar-refractivity contribution in [2.24, 2.45) is 5.41 Å². The molecule has 3 aliphatic rings. The molecule has 4 rings (SSSR count). The van der Waals surface area contributed by atoms with Gasteiger partial charge in [0.05, 0.1) is 13.2 Å². The molecule has 6 heteroatoms. The summed E-state index contributed by atoms with van der Waals surface area (Å²) in [7, 11) is 1.77. The predicted molar refractivity (Wildman–Crippen MR) is 85.3 cm³/mol. The van der Waals surface area contributed by atoms with E-state index in [1.165, 1.54) is 0 Å². The summed E-state index contributed by atoms with van der Waals surface area (Å²) in [6.45, 7) is 3.27. The maximum atomic E-state index is 13.3. The Kier molecular flexibility index (Phi) is 3.39. The lowest BCUT2D eigenvalue weighted by molar-refractivity contribution is -0.152. The van der Waals surface area contributed by atoms with E-state index in [4.69, 9.17) is 4.74 Å². The minimum Gasteiger partial charge on any atom is -0.378 e. The largest absolute Gasteiger partial charge is 0.378 e. The van der Waals surface area contributed by atoms with Gasteiger partial charge in [-0.3, -0.25) is 9.59 Å². The van der Waals surface area contributed by atoms with Crippen LogP contribution in [0, 0.1) is 5.41 Å². The topological polar surface area (TPSA) is 61.9 Å². The molecule has 2 amide bonds. The molecule has 3 aliphatic heterocycles. The van der Waals surface area contributed by atoms with Crippen molar-refractivity contribution in [1.29, 1.82) is 0 Å². The summed E-state index contributed by atoms with van der Waals surface area (Å²) in [4.78, 5) is 29.9. The van der Waals surface area contributed by atoms with Crippen molar-refractivity contribution in [1.82, 2.24) is 10.2 Å². The summed E-state index contributed by atoms with van der Waals surface area (Å²) in [6.07, 6.45) is 0. The van der Waals surface area contributed by atoms with Crippen LogP contribution in [0.2, 0.25) is 0 Å². The van der Waals surface area contributed by atoms with Gasteiger partial charge in [-0.2, -0.15) is 0 Å². The molecule has 0 saturated carbocycles. The molecule has 0 spiro atoms. The second-order valence-corrected chi connectivity index (χ2v) is 6.48. The van der Waals surface area contributed by atoms with Crippen molar-refractivity contribution in [3.63, 3.8) is 0 Å². The normalized spacial score (nSPS) is 30.1. The number of ether oxygens (including phenoxy) is 1. The highest BCUT2D eigenvalue weighted by Crippen LogP contribution is 2.49. The predicted octanol–water partition coefficient (Wildman–Crippen LogP) is 0.195. The fraction of sp³-hybridized carbons (Fsp3) is 0.529. The van der Waals surface area contributed by atoms with E-state index in [1.54, 1.807) is 16.8 Å². The molecule has 1 aromatic carbocycles. The third-order valence-corrected chi connectivity index (χ3v) is 5.39. The molecule has 0 bridgehead atoms. The number of carbonyl (C=O) groups excluding carboxylic acids is 2. The first-order valence-electron chi connectivity index (χ1n) is 8.11. The maximum absolute atomic E-state index is 13.3. The van der Waals surface area contributed by atoms with Crippen LogP contribution in [-0.2, 0) is 14.3 Å². The molecule has 0 radical (unpaired) electrons. The smallest absolute Gasteiger partial charge is 0.244 e. The van der Waals surface area contributed by atoms with Crippen molar-refractivity contribution < 1.29 is 14.3 Å². The standard InChI is InChI=1S/C17H21N3O3/c1-19-14-5-3-2-4-12(14)13-10-18-11-17(13,15(19)21)16(22)20-6-8-23-9-7-20/h2-5,13,18H,6-11H2,1H3/t13-,17+/m0/s1. The first kappa shape index (κ1) is 14.7. The van der Waals surface area contributed by atoms with Gasteiger partial charge < -0.3 is 19.9 Å². The summed E-state index contributed by atoms with van der Waals surface area (Å²) in [5, 5.41) is 3.29. The molecule has 1 aromatic rings. The fourth-order valence-corrected chi connectivity index (χ4v) is 4.17. The van der Waals surface area contributed by atoms with Crippen LogP contribution in [0.1, 0.15) is 11.5 Å². The van der Waals surface area contributed by atoms with Crippen molar-refractivity contribution in [3.05, 3.63) is 29.8 Å². The van der Waals surface area contributed by atoms with Crippen molar-refractivity contribution in [2.45, 2.75) is 5.92 Å². The van der Waals surface area contributed by atoms with E-state index < -0.39 is 5.41 Å². The molecule has 122 valence electrons. The Bertz CT molecular complexity index is 656.